The van der Waals surface area contributed by atoms with Gasteiger partial charge in [0.05, 0.1) is 12.1 Å². The second-order valence-electron chi connectivity index (χ2n) is 11.4. The maximum atomic E-state index is 14.7. The maximum absolute atomic E-state index is 14.7. The number of aryl methyl sites for hydroxylation is 1. The predicted octanol–water partition coefficient (Wildman–Crippen LogP) is 2.84. The van der Waals surface area contributed by atoms with Gasteiger partial charge in [-0.2, -0.15) is 0 Å². The Hall–Kier alpha value is -3.95. The van der Waals surface area contributed by atoms with E-state index in [0.717, 1.165) is 11.3 Å². The first-order valence-electron chi connectivity index (χ1n) is 14.3. The van der Waals surface area contributed by atoms with Crippen molar-refractivity contribution in [1.29, 1.82) is 0 Å². The molecule has 4 amide bonds. The third kappa shape index (κ3) is 7.23. The van der Waals surface area contributed by atoms with Crippen LogP contribution < -0.4 is 15.5 Å². The highest BCUT2D eigenvalue weighted by Gasteiger charge is 2.37. The molecule has 10 heteroatoms. The Morgan fingerprint density at radius 2 is 1.78 bits per heavy atom. The Bertz CT molecular complexity index is 1280. The first-order chi connectivity index (χ1) is 19.5. The third-order valence-electron chi connectivity index (χ3n) is 7.84. The molecule has 0 radical (unpaired) electrons. The van der Waals surface area contributed by atoms with E-state index < -0.39 is 23.8 Å². The van der Waals surface area contributed by atoms with Gasteiger partial charge in [0.25, 0.3) is 11.8 Å². The minimum Gasteiger partial charge on any atom is -0.378 e. The number of rotatable bonds is 3. The van der Waals surface area contributed by atoms with Crippen LogP contribution in [0, 0.1) is 11.7 Å². The van der Waals surface area contributed by atoms with Crippen molar-refractivity contribution < 1.29 is 23.6 Å². The first kappa shape index (κ1) is 30.0. The highest BCUT2D eigenvalue weighted by molar-refractivity contribution is 5.99. The van der Waals surface area contributed by atoms with E-state index in [1.807, 2.05) is 45.0 Å². The molecule has 2 aliphatic rings. The molecule has 0 saturated carbocycles. The van der Waals surface area contributed by atoms with Gasteiger partial charge < -0.3 is 25.3 Å². The van der Waals surface area contributed by atoms with Gasteiger partial charge in [0.1, 0.15) is 11.9 Å². The highest BCUT2D eigenvalue weighted by atomic mass is 19.1. The molecule has 2 aliphatic heterocycles. The summed E-state index contributed by atoms with van der Waals surface area (Å²) in [5.74, 6) is -2.16. The van der Waals surface area contributed by atoms with Crippen molar-refractivity contribution in [3.05, 3.63) is 65.0 Å². The molecule has 0 aliphatic carbocycles. The third-order valence-corrected chi connectivity index (χ3v) is 7.84. The summed E-state index contributed by atoms with van der Waals surface area (Å²) in [6.45, 7) is 4.53. The van der Waals surface area contributed by atoms with Crippen LogP contribution in [-0.2, 0) is 16.0 Å². The molecule has 4 rings (SSSR count). The van der Waals surface area contributed by atoms with Gasteiger partial charge in [-0.05, 0) is 73.6 Å². The lowest BCUT2D eigenvalue weighted by atomic mass is 10.0. The molecule has 0 aromatic heterocycles. The van der Waals surface area contributed by atoms with E-state index in [-0.39, 0.29) is 42.3 Å². The van der Waals surface area contributed by atoms with Crippen molar-refractivity contribution in [2.45, 2.75) is 51.6 Å². The molecule has 41 heavy (non-hydrogen) atoms. The van der Waals surface area contributed by atoms with Crippen molar-refractivity contribution in [3.63, 3.8) is 0 Å². The van der Waals surface area contributed by atoms with Crippen LogP contribution in [0.15, 0.2) is 42.5 Å². The molecular formula is C31H40FN5O4. The molecule has 9 nitrogen and oxygen atoms in total. The summed E-state index contributed by atoms with van der Waals surface area (Å²) < 4.78 is 14.7. The summed E-state index contributed by atoms with van der Waals surface area (Å²) in [6, 6.07) is 10.4. The van der Waals surface area contributed by atoms with Crippen molar-refractivity contribution in [2.24, 2.45) is 5.92 Å². The van der Waals surface area contributed by atoms with Gasteiger partial charge >= 0.3 is 0 Å². The van der Waals surface area contributed by atoms with Crippen molar-refractivity contribution >= 4 is 29.3 Å². The molecule has 1 saturated heterocycles. The summed E-state index contributed by atoms with van der Waals surface area (Å²) >= 11 is 0. The maximum Gasteiger partial charge on any atom is 0.257 e. The summed E-state index contributed by atoms with van der Waals surface area (Å²) in [7, 11) is 3.83. The first-order valence-corrected chi connectivity index (χ1v) is 14.3. The summed E-state index contributed by atoms with van der Waals surface area (Å²) in [5, 5.41) is 5.91. The second kappa shape index (κ2) is 13.1. The Labute approximate surface area is 241 Å². The minimum absolute atomic E-state index is 0.0481. The number of hydrogen-bond donors (Lipinski definition) is 2. The second-order valence-corrected chi connectivity index (χ2v) is 11.4. The molecule has 220 valence electrons. The number of nitrogens with zero attached hydrogens (tertiary/aromatic N) is 3. The van der Waals surface area contributed by atoms with Crippen LogP contribution in [0.4, 0.5) is 10.1 Å². The smallest absolute Gasteiger partial charge is 0.257 e. The molecule has 0 spiro atoms. The highest BCUT2D eigenvalue weighted by Crippen LogP contribution is 2.24. The lowest BCUT2D eigenvalue weighted by Crippen LogP contribution is -2.54. The SMILES string of the molecule is CC(C)[C@@H]1CN(C(=O)c2ccc(N(C)C)cc2)CC(=O)NCCCc2ccc(F)c(c2)C(=O)N2CCC[C@H]2C(=O)N1. The van der Waals surface area contributed by atoms with Gasteiger partial charge in [0.15, 0.2) is 0 Å². The van der Waals surface area contributed by atoms with Crippen LogP contribution in [0.2, 0.25) is 0 Å². The van der Waals surface area contributed by atoms with E-state index in [1.165, 1.54) is 15.9 Å². The molecule has 2 aromatic carbocycles. The summed E-state index contributed by atoms with van der Waals surface area (Å²) in [6.07, 6.45) is 2.20. The number of hydrogen-bond acceptors (Lipinski definition) is 5. The molecule has 2 N–H and O–H groups in total. The number of halogens is 1. The Morgan fingerprint density at radius 1 is 1.05 bits per heavy atom. The van der Waals surface area contributed by atoms with Crippen LogP contribution in [0.5, 0.6) is 0 Å². The van der Waals surface area contributed by atoms with Crippen LogP contribution in [0.25, 0.3) is 0 Å². The van der Waals surface area contributed by atoms with Gasteiger partial charge in [-0.25, -0.2) is 4.39 Å². The van der Waals surface area contributed by atoms with E-state index >= 15 is 0 Å². The largest absolute Gasteiger partial charge is 0.378 e. The fraction of sp³-hybridized carbons (Fsp3) is 0.484. The average Bonchev–Trinajstić information content (AvgIpc) is 3.44. The Morgan fingerprint density at radius 3 is 2.46 bits per heavy atom. The van der Waals surface area contributed by atoms with Crippen molar-refractivity contribution in [3.8, 4) is 0 Å². The normalized spacial score (nSPS) is 20.8. The number of anilines is 1. The van der Waals surface area contributed by atoms with Crippen LogP contribution in [0.1, 0.15) is 59.4 Å². The van der Waals surface area contributed by atoms with Crippen molar-refractivity contribution in [1.82, 2.24) is 20.4 Å². The van der Waals surface area contributed by atoms with E-state index in [0.29, 0.717) is 44.3 Å². The number of amides is 4. The van der Waals surface area contributed by atoms with Gasteiger partial charge in [0.2, 0.25) is 11.8 Å². The molecular weight excluding hydrogens is 525 g/mol. The Balaban J connectivity index is 1.64. The zero-order valence-electron chi connectivity index (χ0n) is 24.3. The number of fused-ring (bicyclic) bond motifs is 3. The molecule has 2 bridgehead atoms. The minimum atomic E-state index is -0.742. The van der Waals surface area contributed by atoms with Gasteiger partial charge in [0, 0.05) is 51.0 Å². The predicted molar refractivity (Wildman–Crippen MR) is 155 cm³/mol. The van der Waals surface area contributed by atoms with Crippen LogP contribution in [-0.4, -0.2) is 85.8 Å². The number of benzene rings is 2. The quantitative estimate of drug-likeness (QED) is 0.596. The molecule has 0 unspecified atom stereocenters. The van der Waals surface area contributed by atoms with Crippen LogP contribution in [0.3, 0.4) is 0 Å². The van der Waals surface area contributed by atoms with E-state index in [1.54, 1.807) is 24.3 Å². The number of carbonyl (C=O) groups excluding carboxylic acids is 4. The zero-order valence-corrected chi connectivity index (χ0v) is 24.3. The fourth-order valence-corrected chi connectivity index (χ4v) is 5.32. The van der Waals surface area contributed by atoms with Crippen LogP contribution >= 0.6 is 0 Å². The van der Waals surface area contributed by atoms with Gasteiger partial charge in [-0.15, -0.1) is 0 Å². The van der Waals surface area contributed by atoms with E-state index in [9.17, 15) is 23.6 Å². The average molecular weight is 566 g/mol. The summed E-state index contributed by atoms with van der Waals surface area (Å²) in [4.78, 5) is 58.4. The molecule has 2 aromatic rings. The zero-order chi connectivity index (χ0) is 29.7. The standard InChI is InChI=1S/C31H40FN5O4/c1-20(2)26-18-36(30(40)22-10-12-23(13-11-22)35(3)4)19-28(38)33-15-5-7-21-9-14-25(32)24(17-21)31(41)37-16-6-8-27(37)29(39)34-26/h9-14,17,20,26-27H,5-8,15-16,18-19H2,1-4H3,(H,33,38)(H,34,39)/t26-,27-/m0/s1. The number of nitrogens with one attached hydrogen (secondary N) is 2. The molecule has 2 heterocycles. The molecule has 2 atom stereocenters. The topological polar surface area (TPSA) is 102 Å². The van der Waals surface area contributed by atoms with Gasteiger partial charge in [-0.3, -0.25) is 19.2 Å². The van der Waals surface area contributed by atoms with Crippen molar-refractivity contribution in [2.75, 3.05) is 45.2 Å². The summed E-state index contributed by atoms with van der Waals surface area (Å²) in [5.41, 5.74) is 2.10. The monoisotopic (exact) mass is 565 g/mol. The lowest BCUT2D eigenvalue weighted by Gasteiger charge is -2.32. The Kier molecular flexibility index (Phi) is 9.62. The lowest BCUT2D eigenvalue weighted by molar-refractivity contribution is -0.126. The van der Waals surface area contributed by atoms with E-state index in [2.05, 4.69) is 10.6 Å². The van der Waals surface area contributed by atoms with Gasteiger partial charge in [-0.1, -0.05) is 19.9 Å². The molecule has 1 fully saturated rings. The number of carbonyl (C=O) groups is 4. The van der Waals surface area contributed by atoms with E-state index in [4.69, 9.17) is 0 Å². The fourth-order valence-electron chi connectivity index (χ4n) is 5.32.